The van der Waals surface area contributed by atoms with Crippen LogP contribution < -0.4 is 5.32 Å². The molecule has 0 spiro atoms. The molecule has 3 aromatic rings. The normalized spacial score (nSPS) is 13.4. The molecule has 0 radical (unpaired) electrons. The maximum atomic E-state index is 4.63. The van der Waals surface area contributed by atoms with Crippen molar-refractivity contribution < 1.29 is 0 Å². The van der Waals surface area contributed by atoms with Crippen LogP contribution in [-0.2, 0) is 13.0 Å². The molecule has 4 rings (SSSR count). The molecule has 0 unspecified atom stereocenters. The molecule has 3 aromatic carbocycles. The minimum absolute atomic E-state index is 0. The molecule has 0 saturated heterocycles. The summed E-state index contributed by atoms with van der Waals surface area (Å²) in [6.45, 7) is 3.70. The third-order valence-electron chi connectivity index (χ3n) is 4.66. The Kier molecular flexibility index (Phi) is 6.50. The summed E-state index contributed by atoms with van der Waals surface area (Å²) < 4.78 is 0. The second-order valence-electron chi connectivity index (χ2n) is 6.47. The molecule has 0 aliphatic carbocycles. The van der Waals surface area contributed by atoms with Gasteiger partial charge >= 0.3 is 0 Å². The molecule has 1 aliphatic rings. The van der Waals surface area contributed by atoms with E-state index in [2.05, 4.69) is 88.0 Å². The summed E-state index contributed by atoms with van der Waals surface area (Å²) in [4.78, 5) is 6.95. The fraction of sp³-hybridized carbons (Fsp3) is 0.227. The minimum atomic E-state index is 0. The number of halogens is 1. The maximum absolute atomic E-state index is 4.63. The lowest BCUT2D eigenvalue weighted by atomic mass is 10.1. The fourth-order valence-electron chi connectivity index (χ4n) is 3.32. The van der Waals surface area contributed by atoms with Crippen LogP contribution >= 0.6 is 24.0 Å². The summed E-state index contributed by atoms with van der Waals surface area (Å²) in [5.41, 5.74) is 2.69. The highest BCUT2D eigenvalue weighted by atomic mass is 127. The van der Waals surface area contributed by atoms with Crippen LogP contribution in [0.5, 0.6) is 0 Å². The first-order valence-electron chi connectivity index (χ1n) is 8.93. The van der Waals surface area contributed by atoms with E-state index in [0.717, 1.165) is 38.6 Å². The average Bonchev–Trinajstić information content (AvgIpc) is 3.09. The van der Waals surface area contributed by atoms with Crippen molar-refractivity contribution in [3.05, 3.63) is 83.9 Å². The number of guanidine groups is 1. The lowest BCUT2D eigenvalue weighted by Crippen LogP contribution is -2.38. The third-order valence-corrected chi connectivity index (χ3v) is 4.66. The van der Waals surface area contributed by atoms with Crippen LogP contribution in [0.15, 0.2) is 77.8 Å². The molecule has 134 valence electrons. The second kappa shape index (κ2) is 9.03. The van der Waals surface area contributed by atoms with Gasteiger partial charge in [0.15, 0.2) is 5.96 Å². The Balaban J connectivity index is 0.00000196. The maximum Gasteiger partial charge on any atom is 0.194 e. The Morgan fingerprint density at radius 1 is 0.846 bits per heavy atom. The number of hydrogen-bond donors (Lipinski definition) is 1. The number of aliphatic imine (C=N–C) groups is 1. The van der Waals surface area contributed by atoms with Crippen molar-refractivity contribution in [3.8, 4) is 0 Å². The average molecular weight is 457 g/mol. The first kappa shape index (κ1) is 18.7. The van der Waals surface area contributed by atoms with Crippen molar-refractivity contribution >= 4 is 40.7 Å². The molecule has 0 bridgehead atoms. The smallest absolute Gasteiger partial charge is 0.194 e. The van der Waals surface area contributed by atoms with Crippen molar-refractivity contribution in [2.45, 2.75) is 13.0 Å². The first-order valence-corrected chi connectivity index (χ1v) is 8.93. The molecule has 1 aliphatic heterocycles. The van der Waals surface area contributed by atoms with Crippen LogP contribution in [0.25, 0.3) is 10.8 Å². The molecular formula is C22H24IN3. The number of hydrogen-bond acceptors (Lipinski definition) is 3. The zero-order chi connectivity index (χ0) is 16.9. The summed E-state index contributed by atoms with van der Waals surface area (Å²) in [6, 6.07) is 25.8. The van der Waals surface area contributed by atoms with E-state index < -0.39 is 0 Å². The van der Waals surface area contributed by atoms with E-state index in [4.69, 9.17) is 0 Å². The van der Waals surface area contributed by atoms with Crippen LogP contribution in [0.3, 0.4) is 0 Å². The summed E-state index contributed by atoms with van der Waals surface area (Å²) in [6.07, 6.45) is 1.00. The molecule has 26 heavy (non-hydrogen) atoms. The Morgan fingerprint density at radius 3 is 2.46 bits per heavy atom. The summed E-state index contributed by atoms with van der Waals surface area (Å²) in [5, 5.41) is 6.13. The van der Waals surface area contributed by atoms with Gasteiger partial charge in [0.1, 0.15) is 0 Å². The van der Waals surface area contributed by atoms with Gasteiger partial charge < -0.3 is 10.2 Å². The largest absolute Gasteiger partial charge is 0.356 e. The summed E-state index contributed by atoms with van der Waals surface area (Å²) in [5.74, 6) is 1.03. The van der Waals surface area contributed by atoms with Crippen LogP contribution in [0.1, 0.15) is 11.1 Å². The van der Waals surface area contributed by atoms with E-state index in [-0.39, 0.29) is 24.0 Å². The van der Waals surface area contributed by atoms with E-state index in [1.54, 1.807) is 0 Å². The molecule has 1 N–H and O–H groups in total. The van der Waals surface area contributed by atoms with Gasteiger partial charge in [0.2, 0.25) is 0 Å². The number of nitrogens with zero attached hydrogens (tertiary/aromatic N) is 2. The quantitative estimate of drug-likeness (QED) is 0.573. The van der Waals surface area contributed by atoms with Crippen molar-refractivity contribution in [1.82, 2.24) is 10.2 Å². The highest BCUT2D eigenvalue weighted by Gasteiger charge is 2.16. The van der Waals surface area contributed by atoms with Crippen LogP contribution in [0.2, 0.25) is 0 Å². The molecule has 1 heterocycles. The number of fused-ring (bicyclic) bond motifs is 1. The van der Waals surface area contributed by atoms with Crippen molar-refractivity contribution in [3.63, 3.8) is 0 Å². The topological polar surface area (TPSA) is 27.6 Å². The Labute approximate surface area is 172 Å². The minimum Gasteiger partial charge on any atom is -0.356 e. The van der Waals surface area contributed by atoms with E-state index in [0.29, 0.717) is 0 Å². The lowest BCUT2D eigenvalue weighted by molar-refractivity contribution is 0.437. The van der Waals surface area contributed by atoms with Gasteiger partial charge in [0, 0.05) is 19.6 Å². The molecule has 0 saturated carbocycles. The van der Waals surface area contributed by atoms with Gasteiger partial charge in [-0.05, 0) is 28.3 Å². The van der Waals surface area contributed by atoms with Gasteiger partial charge in [-0.2, -0.15) is 0 Å². The Hall–Kier alpha value is -2.08. The van der Waals surface area contributed by atoms with Gasteiger partial charge in [-0.1, -0.05) is 72.8 Å². The Morgan fingerprint density at radius 2 is 1.62 bits per heavy atom. The predicted octanol–water partition coefficient (Wildman–Crippen LogP) is 4.46. The highest BCUT2D eigenvalue weighted by molar-refractivity contribution is 14.0. The molecule has 0 amide bonds. The highest BCUT2D eigenvalue weighted by Crippen LogP contribution is 2.16. The van der Waals surface area contributed by atoms with Gasteiger partial charge in [0.05, 0.1) is 6.54 Å². The van der Waals surface area contributed by atoms with Gasteiger partial charge in [0.25, 0.3) is 0 Å². The lowest BCUT2D eigenvalue weighted by Gasteiger charge is -2.21. The van der Waals surface area contributed by atoms with E-state index >= 15 is 0 Å². The molecule has 0 aromatic heterocycles. The summed E-state index contributed by atoms with van der Waals surface area (Å²) in [7, 11) is 0. The fourth-order valence-corrected chi connectivity index (χ4v) is 3.32. The van der Waals surface area contributed by atoms with E-state index in [1.165, 1.54) is 21.9 Å². The second-order valence-corrected chi connectivity index (χ2v) is 6.47. The molecule has 0 fully saturated rings. The molecule has 4 heteroatoms. The summed E-state index contributed by atoms with van der Waals surface area (Å²) >= 11 is 0. The first-order chi connectivity index (χ1) is 12.4. The zero-order valence-electron chi connectivity index (χ0n) is 14.8. The van der Waals surface area contributed by atoms with Crippen molar-refractivity contribution in [2.75, 3.05) is 19.6 Å². The zero-order valence-corrected chi connectivity index (χ0v) is 17.1. The van der Waals surface area contributed by atoms with Gasteiger partial charge in [-0.25, -0.2) is 0 Å². The van der Waals surface area contributed by atoms with E-state index in [9.17, 15) is 0 Å². The number of rotatable bonds is 5. The van der Waals surface area contributed by atoms with Crippen LogP contribution in [0, 0.1) is 0 Å². The standard InChI is InChI=1S/C22H23N3.HI/c1-2-6-19(7-3-1)17-25-15-14-24-22(25)23-13-12-18-10-11-20-8-4-5-9-21(20)16-18;/h1-11,16H,12-15,17H2,(H,23,24);1H. The molecule has 3 nitrogen and oxygen atoms in total. The SMILES string of the molecule is I.c1ccc(CN2CCN=C2NCCc2ccc3ccccc3c2)cc1. The monoisotopic (exact) mass is 457 g/mol. The van der Waals surface area contributed by atoms with Crippen molar-refractivity contribution in [2.24, 2.45) is 4.99 Å². The van der Waals surface area contributed by atoms with E-state index in [1.807, 2.05) is 0 Å². The number of nitrogens with one attached hydrogen (secondary N) is 1. The predicted molar refractivity (Wildman–Crippen MR) is 120 cm³/mol. The van der Waals surface area contributed by atoms with Gasteiger partial charge in [-0.15, -0.1) is 24.0 Å². The third kappa shape index (κ3) is 4.55. The molecular weight excluding hydrogens is 433 g/mol. The molecule has 0 atom stereocenters. The van der Waals surface area contributed by atoms with Gasteiger partial charge in [-0.3, -0.25) is 4.99 Å². The van der Waals surface area contributed by atoms with Crippen LogP contribution in [0.4, 0.5) is 0 Å². The van der Waals surface area contributed by atoms with Crippen molar-refractivity contribution in [1.29, 1.82) is 0 Å². The Bertz CT molecular complexity index is 877. The number of benzene rings is 3. The van der Waals surface area contributed by atoms with Crippen LogP contribution in [-0.4, -0.2) is 30.5 Å².